The van der Waals surface area contributed by atoms with E-state index >= 15 is 4.39 Å². The number of aromatic hydroxyl groups is 1. The van der Waals surface area contributed by atoms with E-state index < -0.39 is 28.9 Å². The van der Waals surface area contributed by atoms with E-state index in [-0.39, 0.29) is 40.2 Å². The molecule has 1 saturated carbocycles. The van der Waals surface area contributed by atoms with Crippen molar-refractivity contribution < 1.29 is 19.3 Å². The molecule has 148 valence electrons. The van der Waals surface area contributed by atoms with Crippen LogP contribution < -0.4 is 20.9 Å². The minimum Gasteiger partial charge on any atom is -0.504 e. The summed E-state index contributed by atoms with van der Waals surface area (Å²) in [6, 6.07) is -0.124. The second kappa shape index (κ2) is 5.84. The Hall–Kier alpha value is -2.81. The largest absolute Gasteiger partial charge is 0.504 e. The molecular weight excluding hydrogens is 369 g/mol. The Morgan fingerprint density at radius 2 is 2.00 bits per heavy atom. The number of nitrogens with one attached hydrogen (secondary N) is 1. The molecule has 0 spiro atoms. The van der Waals surface area contributed by atoms with Crippen molar-refractivity contribution in [2.45, 2.75) is 25.0 Å². The minimum absolute atomic E-state index is 0.0156. The first-order valence-corrected chi connectivity index (χ1v) is 9.30. The summed E-state index contributed by atoms with van der Waals surface area (Å²) in [7, 11) is 1.35. The van der Waals surface area contributed by atoms with Crippen LogP contribution in [-0.2, 0) is 0 Å². The van der Waals surface area contributed by atoms with Crippen LogP contribution in [0.25, 0.3) is 10.9 Å². The molecule has 3 N–H and O–H groups in total. The molecular formula is C19H20FN3O5. The summed E-state index contributed by atoms with van der Waals surface area (Å²) in [5, 5.41) is 20.3. The molecule has 2 aromatic rings. The Kier molecular flexibility index (Phi) is 3.61. The third-order valence-corrected chi connectivity index (χ3v) is 6.07. The number of phenolic OH excluding ortho intramolecular Hbond substituents is 1. The van der Waals surface area contributed by atoms with Crippen molar-refractivity contribution in [1.82, 2.24) is 9.55 Å². The smallest absolute Gasteiger partial charge is 0.329 e. The molecule has 9 heteroatoms. The number of nitrogens with zero attached hydrogens (tertiary/aromatic N) is 2. The zero-order chi connectivity index (χ0) is 19.7. The van der Waals surface area contributed by atoms with Crippen molar-refractivity contribution in [3.05, 3.63) is 38.8 Å². The van der Waals surface area contributed by atoms with Gasteiger partial charge in [-0.2, -0.15) is 0 Å². The highest BCUT2D eigenvalue weighted by Crippen LogP contribution is 2.48. The van der Waals surface area contributed by atoms with Gasteiger partial charge in [-0.15, -0.1) is 0 Å². The number of rotatable bonds is 3. The number of H-pyrrole nitrogens is 1. The van der Waals surface area contributed by atoms with Crippen LogP contribution in [0, 0.1) is 17.7 Å². The van der Waals surface area contributed by atoms with Crippen LogP contribution >= 0.6 is 0 Å². The maximum absolute atomic E-state index is 15.2. The van der Waals surface area contributed by atoms with Gasteiger partial charge in [0.1, 0.15) is 16.6 Å². The van der Waals surface area contributed by atoms with Gasteiger partial charge in [0.15, 0.2) is 17.3 Å². The van der Waals surface area contributed by atoms with E-state index in [0.29, 0.717) is 13.1 Å². The fourth-order valence-corrected chi connectivity index (χ4v) is 4.58. The summed E-state index contributed by atoms with van der Waals surface area (Å²) in [5.41, 5.74) is -1.33. The number of fused-ring (bicyclic) bond motifs is 2. The number of methoxy groups -OCH3 is 1. The first-order valence-electron chi connectivity index (χ1n) is 9.30. The Morgan fingerprint density at radius 3 is 2.64 bits per heavy atom. The highest BCUT2D eigenvalue weighted by Gasteiger charge is 2.42. The fourth-order valence-electron chi connectivity index (χ4n) is 4.58. The van der Waals surface area contributed by atoms with Gasteiger partial charge >= 0.3 is 5.69 Å². The van der Waals surface area contributed by atoms with Crippen molar-refractivity contribution in [1.29, 1.82) is 0 Å². The van der Waals surface area contributed by atoms with Crippen LogP contribution in [0.2, 0.25) is 0 Å². The van der Waals surface area contributed by atoms with Gasteiger partial charge in [-0.25, -0.2) is 9.18 Å². The van der Waals surface area contributed by atoms with E-state index in [4.69, 9.17) is 4.74 Å². The second-order valence-electron chi connectivity index (χ2n) is 7.74. The van der Waals surface area contributed by atoms with Crippen molar-refractivity contribution in [3.63, 3.8) is 0 Å². The van der Waals surface area contributed by atoms with Crippen molar-refractivity contribution in [3.8, 4) is 11.5 Å². The van der Waals surface area contributed by atoms with E-state index in [0.717, 1.165) is 12.8 Å². The molecule has 1 saturated heterocycles. The average molecular weight is 389 g/mol. The third-order valence-electron chi connectivity index (χ3n) is 6.07. The van der Waals surface area contributed by atoms with E-state index in [1.807, 2.05) is 6.08 Å². The lowest BCUT2D eigenvalue weighted by atomic mass is 9.98. The van der Waals surface area contributed by atoms with Gasteiger partial charge in [-0.1, -0.05) is 12.2 Å². The average Bonchev–Trinajstić information content (AvgIpc) is 3.30. The molecule has 2 fully saturated rings. The van der Waals surface area contributed by atoms with Crippen LogP contribution in [0.3, 0.4) is 0 Å². The normalized spacial score (nSPS) is 26.2. The van der Waals surface area contributed by atoms with E-state index in [1.165, 1.54) is 11.7 Å². The molecule has 3 unspecified atom stereocenters. The Balaban J connectivity index is 1.80. The molecule has 3 aliphatic rings. The summed E-state index contributed by atoms with van der Waals surface area (Å²) >= 11 is 0. The molecule has 28 heavy (non-hydrogen) atoms. The van der Waals surface area contributed by atoms with Crippen molar-refractivity contribution in [2.75, 3.05) is 25.1 Å². The van der Waals surface area contributed by atoms with Crippen LogP contribution in [0.15, 0.2) is 21.7 Å². The van der Waals surface area contributed by atoms with Gasteiger partial charge in [0.25, 0.3) is 5.56 Å². The number of aliphatic hydroxyl groups excluding tert-OH is 1. The van der Waals surface area contributed by atoms with Gasteiger partial charge < -0.3 is 19.8 Å². The highest BCUT2D eigenvalue weighted by atomic mass is 19.1. The summed E-state index contributed by atoms with van der Waals surface area (Å²) < 4.78 is 22.1. The first kappa shape index (κ1) is 17.3. The number of benzene rings is 1. The van der Waals surface area contributed by atoms with Gasteiger partial charge in [0.05, 0.1) is 13.2 Å². The Labute approximate surface area is 158 Å². The summed E-state index contributed by atoms with van der Waals surface area (Å²) in [6.07, 6.45) is 4.55. The molecule has 0 amide bonds. The van der Waals surface area contributed by atoms with Crippen molar-refractivity contribution in [2.24, 2.45) is 11.8 Å². The molecule has 5 rings (SSSR count). The standard InChI is InChI=1S/C19H20FN3O5/c1-28-17-14-12(18(26)21-19(27)23(14)9-3-4-9)16(25)13(20)15(17)22-6-8-2-5-11(24)10(8)7-22/h2,5,8-11,24-25H,3-4,6-7H2,1H3,(H,21,26,27). The lowest BCUT2D eigenvalue weighted by Crippen LogP contribution is -2.31. The first-order chi connectivity index (χ1) is 13.4. The SMILES string of the molecule is COc1c(N2CC3C=CC(O)C3C2)c(F)c(O)c2c(=O)[nH]c(=O)n(C3CC3)c12. The lowest BCUT2D eigenvalue weighted by Gasteiger charge is -2.25. The van der Waals surface area contributed by atoms with Gasteiger partial charge in [0, 0.05) is 31.0 Å². The lowest BCUT2D eigenvalue weighted by molar-refractivity contribution is 0.162. The Morgan fingerprint density at radius 1 is 1.25 bits per heavy atom. The zero-order valence-corrected chi connectivity index (χ0v) is 15.2. The molecule has 2 aliphatic carbocycles. The van der Waals surface area contributed by atoms with E-state index in [1.54, 1.807) is 11.0 Å². The van der Waals surface area contributed by atoms with E-state index in [2.05, 4.69) is 4.98 Å². The topological polar surface area (TPSA) is 108 Å². The highest BCUT2D eigenvalue weighted by molar-refractivity contribution is 5.96. The number of aliphatic hydroxyl groups is 1. The monoisotopic (exact) mass is 389 g/mol. The van der Waals surface area contributed by atoms with Crippen LogP contribution in [0.5, 0.6) is 11.5 Å². The zero-order valence-electron chi connectivity index (χ0n) is 15.2. The number of halogens is 1. The number of anilines is 1. The Bertz CT molecular complexity index is 1130. The van der Waals surface area contributed by atoms with E-state index in [9.17, 15) is 19.8 Å². The van der Waals surface area contributed by atoms with Crippen molar-refractivity contribution >= 4 is 16.6 Å². The molecule has 1 aromatic carbocycles. The van der Waals surface area contributed by atoms with Gasteiger partial charge in [0.2, 0.25) is 0 Å². The number of hydrogen-bond donors (Lipinski definition) is 3. The molecule has 0 radical (unpaired) electrons. The number of aromatic amines is 1. The van der Waals surface area contributed by atoms with Gasteiger partial charge in [-0.3, -0.25) is 14.3 Å². The summed E-state index contributed by atoms with van der Waals surface area (Å²) in [6.45, 7) is 0.807. The molecule has 8 nitrogen and oxygen atoms in total. The maximum Gasteiger partial charge on any atom is 0.329 e. The number of ether oxygens (including phenoxy) is 1. The quantitative estimate of drug-likeness (QED) is 0.672. The number of phenols is 1. The van der Waals surface area contributed by atoms with Crippen LogP contribution in [-0.4, -0.2) is 46.1 Å². The third kappa shape index (κ3) is 2.25. The van der Waals surface area contributed by atoms with Crippen LogP contribution in [0.4, 0.5) is 10.1 Å². The predicted molar refractivity (Wildman–Crippen MR) is 99.6 cm³/mol. The van der Waals surface area contributed by atoms with Crippen LogP contribution in [0.1, 0.15) is 18.9 Å². The predicted octanol–water partition coefficient (Wildman–Crippen LogP) is 0.861. The molecule has 1 aromatic heterocycles. The molecule has 3 atom stereocenters. The summed E-state index contributed by atoms with van der Waals surface area (Å²) in [5.74, 6) is -1.73. The second-order valence-corrected chi connectivity index (χ2v) is 7.74. The molecule has 1 aliphatic heterocycles. The maximum atomic E-state index is 15.2. The number of aromatic nitrogens is 2. The minimum atomic E-state index is -0.964. The fraction of sp³-hybridized carbons (Fsp3) is 0.474. The molecule has 0 bridgehead atoms. The van der Waals surface area contributed by atoms with Gasteiger partial charge in [-0.05, 0) is 12.8 Å². The number of hydrogen-bond acceptors (Lipinski definition) is 6. The summed E-state index contributed by atoms with van der Waals surface area (Å²) in [4.78, 5) is 28.7. The molecule has 2 heterocycles.